The molecule has 0 heterocycles. The zero-order chi connectivity index (χ0) is 11.6. The Bertz CT molecular complexity index is 257. The summed E-state index contributed by atoms with van der Waals surface area (Å²) in [7, 11) is 1.70. The molecule has 0 aliphatic heterocycles. The summed E-state index contributed by atoms with van der Waals surface area (Å²) in [5.74, 6) is 1.12. The van der Waals surface area contributed by atoms with Gasteiger partial charge in [-0.05, 0) is 43.9 Å². The number of rotatable bonds is 6. The molecule has 1 atom stereocenters. The van der Waals surface area contributed by atoms with E-state index in [0.717, 1.165) is 12.5 Å². The highest BCUT2D eigenvalue weighted by molar-refractivity contribution is 5.76. The third kappa shape index (κ3) is 2.57. The van der Waals surface area contributed by atoms with Crippen LogP contribution in [0.5, 0.6) is 0 Å². The van der Waals surface area contributed by atoms with E-state index in [-0.39, 0.29) is 5.91 Å². The topological polar surface area (TPSA) is 41.1 Å². The van der Waals surface area contributed by atoms with Crippen molar-refractivity contribution in [3.05, 3.63) is 0 Å². The van der Waals surface area contributed by atoms with Crippen molar-refractivity contribution in [1.82, 2.24) is 10.6 Å². The van der Waals surface area contributed by atoms with Gasteiger partial charge in [0.05, 0.1) is 0 Å². The number of nitrogens with one attached hydrogen (secondary N) is 2. The lowest BCUT2D eigenvalue weighted by atomic mass is 9.65. The maximum absolute atomic E-state index is 11.2. The van der Waals surface area contributed by atoms with Crippen molar-refractivity contribution >= 4 is 5.91 Å². The average molecular weight is 224 g/mol. The van der Waals surface area contributed by atoms with E-state index in [4.69, 9.17) is 0 Å². The molecule has 2 aliphatic carbocycles. The normalized spacial score (nSPS) is 24.6. The summed E-state index contributed by atoms with van der Waals surface area (Å²) in [6.45, 7) is 3.23. The molecule has 2 N–H and O–H groups in total. The van der Waals surface area contributed by atoms with Crippen molar-refractivity contribution in [3.8, 4) is 0 Å². The zero-order valence-corrected chi connectivity index (χ0v) is 10.5. The van der Waals surface area contributed by atoms with Gasteiger partial charge in [-0.15, -0.1) is 0 Å². The first-order valence-corrected chi connectivity index (χ1v) is 6.60. The van der Waals surface area contributed by atoms with E-state index >= 15 is 0 Å². The second-order valence-corrected chi connectivity index (χ2v) is 5.65. The average Bonchev–Trinajstić information content (AvgIpc) is 3.00. The van der Waals surface area contributed by atoms with Crippen molar-refractivity contribution < 1.29 is 4.79 Å². The molecule has 16 heavy (non-hydrogen) atoms. The number of carbonyl (C=O) groups is 1. The molecule has 0 saturated heterocycles. The molecule has 3 nitrogen and oxygen atoms in total. The molecule has 92 valence electrons. The van der Waals surface area contributed by atoms with Crippen LogP contribution in [0, 0.1) is 11.3 Å². The molecule has 2 aliphatic rings. The zero-order valence-electron chi connectivity index (χ0n) is 10.5. The van der Waals surface area contributed by atoms with E-state index in [9.17, 15) is 4.79 Å². The lowest BCUT2D eigenvalue weighted by Gasteiger charge is -2.43. The minimum absolute atomic E-state index is 0.133. The van der Waals surface area contributed by atoms with Gasteiger partial charge in [0, 0.05) is 26.1 Å². The summed E-state index contributed by atoms with van der Waals surface area (Å²) in [4.78, 5) is 11.2. The van der Waals surface area contributed by atoms with Gasteiger partial charge in [0.25, 0.3) is 0 Å². The summed E-state index contributed by atoms with van der Waals surface area (Å²) in [6, 6.07) is 0.302. The van der Waals surface area contributed by atoms with E-state index < -0.39 is 0 Å². The van der Waals surface area contributed by atoms with Gasteiger partial charge in [-0.25, -0.2) is 0 Å². The van der Waals surface area contributed by atoms with Crippen LogP contribution in [0.2, 0.25) is 0 Å². The fourth-order valence-corrected chi connectivity index (χ4v) is 2.89. The number of hydrogen-bond donors (Lipinski definition) is 2. The number of amides is 1. The first-order valence-electron chi connectivity index (χ1n) is 6.60. The van der Waals surface area contributed by atoms with Gasteiger partial charge in [-0.1, -0.05) is 6.42 Å². The van der Waals surface area contributed by atoms with Gasteiger partial charge < -0.3 is 10.6 Å². The predicted molar refractivity (Wildman–Crippen MR) is 65.2 cm³/mol. The molecule has 3 heteroatoms. The van der Waals surface area contributed by atoms with Crippen LogP contribution in [0.4, 0.5) is 0 Å². The fourth-order valence-electron chi connectivity index (χ4n) is 2.89. The summed E-state index contributed by atoms with van der Waals surface area (Å²) >= 11 is 0. The molecule has 0 aromatic carbocycles. The molecule has 0 radical (unpaired) electrons. The molecule has 2 fully saturated rings. The van der Waals surface area contributed by atoms with Crippen molar-refractivity contribution in [2.45, 2.75) is 51.5 Å². The standard InChI is InChI=1S/C13H24N2O/c1-10(8-12(16)14-2)15-9-13(6-3-7-13)11-4-5-11/h10-11,15H,3-9H2,1-2H3,(H,14,16). The Morgan fingerprint density at radius 2 is 2.12 bits per heavy atom. The molecule has 0 spiro atoms. The van der Waals surface area contributed by atoms with E-state index in [2.05, 4.69) is 17.6 Å². The predicted octanol–water partition coefficient (Wildman–Crippen LogP) is 1.68. The van der Waals surface area contributed by atoms with Crippen molar-refractivity contribution in [2.24, 2.45) is 11.3 Å². The monoisotopic (exact) mass is 224 g/mol. The van der Waals surface area contributed by atoms with Crippen LogP contribution < -0.4 is 10.6 Å². The van der Waals surface area contributed by atoms with Gasteiger partial charge in [0.1, 0.15) is 0 Å². The largest absolute Gasteiger partial charge is 0.359 e. The maximum Gasteiger partial charge on any atom is 0.221 e. The summed E-state index contributed by atoms with van der Waals surface area (Å²) in [6.07, 6.45) is 7.67. The van der Waals surface area contributed by atoms with Crippen LogP contribution >= 0.6 is 0 Å². The SMILES string of the molecule is CNC(=O)CC(C)NCC1(C2CC2)CCC1. The third-order valence-electron chi connectivity index (χ3n) is 4.37. The van der Waals surface area contributed by atoms with E-state index in [1.54, 1.807) is 7.05 Å². The van der Waals surface area contributed by atoms with Gasteiger partial charge in [0.15, 0.2) is 0 Å². The highest BCUT2D eigenvalue weighted by Gasteiger charge is 2.48. The van der Waals surface area contributed by atoms with Crippen LogP contribution in [0.25, 0.3) is 0 Å². The Morgan fingerprint density at radius 1 is 1.44 bits per heavy atom. The molecule has 0 aromatic heterocycles. The van der Waals surface area contributed by atoms with Crippen LogP contribution in [-0.2, 0) is 4.79 Å². The lowest BCUT2D eigenvalue weighted by molar-refractivity contribution is -0.121. The number of carbonyl (C=O) groups excluding carboxylic acids is 1. The highest BCUT2D eigenvalue weighted by atomic mass is 16.1. The summed E-state index contributed by atoms with van der Waals surface area (Å²) in [5, 5.41) is 6.23. The minimum atomic E-state index is 0.133. The van der Waals surface area contributed by atoms with Gasteiger partial charge in [-0.3, -0.25) is 4.79 Å². The third-order valence-corrected chi connectivity index (χ3v) is 4.37. The van der Waals surface area contributed by atoms with Crippen LogP contribution in [0.15, 0.2) is 0 Å². The Labute approximate surface area is 98.4 Å². The molecule has 0 aromatic rings. The quantitative estimate of drug-likeness (QED) is 0.721. The maximum atomic E-state index is 11.2. The van der Waals surface area contributed by atoms with Crippen LogP contribution in [-0.4, -0.2) is 25.5 Å². The lowest BCUT2D eigenvalue weighted by Crippen LogP contribution is -2.45. The Balaban J connectivity index is 1.71. The first kappa shape index (κ1) is 11.9. The Hall–Kier alpha value is -0.570. The highest BCUT2D eigenvalue weighted by Crippen LogP contribution is 2.56. The molecule has 2 rings (SSSR count). The van der Waals surface area contributed by atoms with E-state index in [1.165, 1.54) is 32.1 Å². The smallest absolute Gasteiger partial charge is 0.221 e. The molecule has 1 unspecified atom stereocenters. The van der Waals surface area contributed by atoms with Gasteiger partial charge in [0.2, 0.25) is 5.91 Å². The van der Waals surface area contributed by atoms with Crippen LogP contribution in [0.1, 0.15) is 45.4 Å². The Morgan fingerprint density at radius 3 is 2.56 bits per heavy atom. The van der Waals surface area contributed by atoms with Gasteiger partial charge in [-0.2, -0.15) is 0 Å². The molecular formula is C13H24N2O. The van der Waals surface area contributed by atoms with Crippen molar-refractivity contribution in [3.63, 3.8) is 0 Å². The second-order valence-electron chi connectivity index (χ2n) is 5.65. The molecule has 2 saturated carbocycles. The molecular weight excluding hydrogens is 200 g/mol. The minimum Gasteiger partial charge on any atom is -0.359 e. The van der Waals surface area contributed by atoms with E-state index in [0.29, 0.717) is 17.9 Å². The molecule has 1 amide bonds. The summed E-state index contributed by atoms with van der Waals surface area (Å²) < 4.78 is 0. The molecule has 0 bridgehead atoms. The Kier molecular flexibility index (Phi) is 3.53. The van der Waals surface area contributed by atoms with Crippen LogP contribution in [0.3, 0.4) is 0 Å². The van der Waals surface area contributed by atoms with Gasteiger partial charge >= 0.3 is 0 Å². The van der Waals surface area contributed by atoms with Crippen molar-refractivity contribution in [1.29, 1.82) is 0 Å². The first-order chi connectivity index (χ1) is 7.66. The fraction of sp³-hybridized carbons (Fsp3) is 0.923. The second kappa shape index (κ2) is 4.74. The van der Waals surface area contributed by atoms with Crippen molar-refractivity contribution in [2.75, 3.05) is 13.6 Å². The number of hydrogen-bond acceptors (Lipinski definition) is 2. The van der Waals surface area contributed by atoms with E-state index in [1.807, 2.05) is 0 Å². The summed E-state index contributed by atoms with van der Waals surface area (Å²) in [5.41, 5.74) is 0.608.